The van der Waals surface area contributed by atoms with Gasteiger partial charge in [-0.25, -0.2) is 9.97 Å². The summed E-state index contributed by atoms with van der Waals surface area (Å²) in [5, 5.41) is 0. The molecule has 0 unspecified atom stereocenters. The van der Waals surface area contributed by atoms with E-state index in [1.165, 1.54) is 0 Å². The van der Waals surface area contributed by atoms with Crippen molar-refractivity contribution in [1.29, 1.82) is 0 Å². The van der Waals surface area contributed by atoms with Gasteiger partial charge in [0.15, 0.2) is 0 Å². The van der Waals surface area contributed by atoms with Gasteiger partial charge in [-0.15, -0.1) is 0 Å². The van der Waals surface area contributed by atoms with Crippen molar-refractivity contribution in [3.63, 3.8) is 0 Å². The molecule has 2 N–H and O–H groups in total. The monoisotopic (exact) mass is 238 g/mol. The van der Waals surface area contributed by atoms with Gasteiger partial charge in [0.05, 0.1) is 12.4 Å². The first-order chi connectivity index (χ1) is 7.56. The number of hydrogen-bond acceptors (Lipinski definition) is 4. The number of rotatable bonds is 5. The zero-order valence-electron chi connectivity index (χ0n) is 9.97. The molecule has 1 rings (SSSR count). The van der Waals surface area contributed by atoms with E-state index in [0.717, 1.165) is 18.8 Å². The van der Waals surface area contributed by atoms with Crippen LogP contribution >= 0.6 is 12.2 Å². The third-order valence-corrected chi connectivity index (χ3v) is 2.48. The van der Waals surface area contributed by atoms with Gasteiger partial charge in [0.2, 0.25) is 0 Å². The van der Waals surface area contributed by atoms with Crippen LogP contribution in [0.5, 0.6) is 0 Å². The second-order valence-corrected chi connectivity index (χ2v) is 4.35. The van der Waals surface area contributed by atoms with Crippen LogP contribution < -0.4 is 10.6 Å². The van der Waals surface area contributed by atoms with E-state index in [2.05, 4.69) is 35.6 Å². The maximum absolute atomic E-state index is 5.47. The predicted octanol–water partition coefficient (Wildman–Crippen LogP) is 1.74. The van der Waals surface area contributed by atoms with Crippen LogP contribution in [0.2, 0.25) is 0 Å². The minimum Gasteiger partial charge on any atom is -0.388 e. The Morgan fingerprint density at radius 2 is 2.12 bits per heavy atom. The van der Waals surface area contributed by atoms with Crippen LogP contribution in [-0.4, -0.2) is 27.5 Å². The third-order valence-electron chi connectivity index (χ3n) is 2.27. The Balaban J connectivity index is 2.89. The molecule has 88 valence electrons. The Morgan fingerprint density at radius 3 is 2.50 bits per heavy atom. The van der Waals surface area contributed by atoms with E-state index in [1.54, 1.807) is 12.4 Å². The molecule has 0 atom stereocenters. The first kappa shape index (κ1) is 12.8. The summed E-state index contributed by atoms with van der Waals surface area (Å²) in [6.45, 7) is 7.39. The Morgan fingerprint density at radius 1 is 1.44 bits per heavy atom. The van der Waals surface area contributed by atoms with Gasteiger partial charge in [-0.3, -0.25) is 0 Å². The van der Waals surface area contributed by atoms with Gasteiger partial charge in [0, 0.05) is 12.6 Å². The minimum atomic E-state index is 0.283. The number of aromatic nitrogens is 2. The molecule has 0 amide bonds. The number of hydrogen-bond donors (Lipinski definition) is 1. The van der Waals surface area contributed by atoms with E-state index >= 15 is 0 Å². The minimum absolute atomic E-state index is 0.283. The highest BCUT2D eigenvalue weighted by molar-refractivity contribution is 7.80. The molecule has 0 fully saturated rings. The molecule has 0 saturated carbocycles. The number of thiocarbonyl (C=S) groups is 1. The molecule has 0 aliphatic rings. The van der Waals surface area contributed by atoms with Crippen LogP contribution in [0, 0.1) is 0 Å². The molecule has 4 nitrogen and oxygen atoms in total. The highest BCUT2D eigenvalue weighted by Gasteiger charge is 2.11. The molecule has 16 heavy (non-hydrogen) atoms. The summed E-state index contributed by atoms with van der Waals surface area (Å²) in [6, 6.07) is 0.407. The third kappa shape index (κ3) is 3.13. The molecular formula is C11H18N4S. The summed E-state index contributed by atoms with van der Waals surface area (Å²) in [7, 11) is 0. The van der Waals surface area contributed by atoms with Gasteiger partial charge < -0.3 is 10.6 Å². The Labute approximate surface area is 102 Å². The predicted molar refractivity (Wildman–Crippen MR) is 70.7 cm³/mol. The molecule has 0 spiro atoms. The van der Waals surface area contributed by atoms with Gasteiger partial charge in [-0.1, -0.05) is 19.1 Å². The van der Waals surface area contributed by atoms with Crippen LogP contribution in [0.4, 0.5) is 5.82 Å². The highest BCUT2D eigenvalue weighted by atomic mass is 32.1. The average Bonchev–Trinajstić information content (AvgIpc) is 2.25. The van der Waals surface area contributed by atoms with Crippen LogP contribution in [0.3, 0.4) is 0 Å². The van der Waals surface area contributed by atoms with Crippen LogP contribution in [0.25, 0.3) is 0 Å². The number of anilines is 1. The standard InChI is InChI=1S/C11H18N4S/c1-4-5-15(8(2)3)10-7-13-9(6-14-10)11(12)16/h6-8H,4-5H2,1-3H3,(H2,12,16). The van der Waals surface area contributed by atoms with E-state index in [-0.39, 0.29) is 4.99 Å². The fourth-order valence-corrected chi connectivity index (χ4v) is 1.58. The van der Waals surface area contributed by atoms with E-state index in [1.807, 2.05) is 0 Å². The SMILES string of the molecule is CCCN(c1cnc(C(N)=S)cn1)C(C)C. The molecule has 0 aromatic carbocycles. The lowest BCUT2D eigenvalue weighted by atomic mass is 10.3. The maximum Gasteiger partial charge on any atom is 0.147 e. The molecule has 5 heteroatoms. The lowest BCUT2D eigenvalue weighted by Gasteiger charge is -2.27. The van der Waals surface area contributed by atoms with Crippen LogP contribution in [-0.2, 0) is 0 Å². The van der Waals surface area contributed by atoms with E-state index in [0.29, 0.717) is 11.7 Å². The molecule has 0 radical (unpaired) electrons. The summed E-state index contributed by atoms with van der Waals surface area (Å²) < 4.78 is 0. The topological polar surface area (TPSA) is 55.0 Å². The molecule has 0 saturated heterocycles. The number of nitrogens with zero attached hydrogens (tertiary/aromatic N) is 3. The van der Waals surface area contributed by atoms with Crippen molar-refractivity contribution in [3.8, 4) is 0 Å². The van der Waals surface area contributed by atoms with E-state index < -0.39 is 0 Å². The molecule has 1 aromatic heterocycles. The molecule has 0 aliphatic carbocycles. The second-order valence-electron chi connectivity index (χ2n) is 3.91. The van der Waals surface area contributed by atoms with Crippen molar-refractivity contribution in [2.24, 2.45) is 5.73 Å². The molecule has 1 heterocycles. The summed E-state index contributed by atoms with van der Waals surface area (Å²) in [4.78, 5) is 11.0. The normalized spacial score (nSPS) is 10.5. The first-order valence-corrected chi connectivity index (χ1v) is 5.85. The van der Waals surface area contributed by atoms with Crippen molar-refractivity contribution in [3.05, 3.63) is 18.1 Å². The van der Waals surface area contributed by atoms with Crippen molar-refractivity contribution < 1.29 is 0 Å². The Kier molecular flexibility index (Phi) is 4.61. The smallest absolute Gasteiger partial charge is 0.147 e. The lowest BCUT2D eigenvalue weighted by molar-refractivity contribution is 0.660. The van der Waals surface area contributed by atoms with Crippen molar-refractivity contribution in [2.75, 3.05) is 11.4 Å². The van der Waals surface area contributed by atoms with Gasteiger partial charge in [0.25, 0.3) is 0 Å². The lowest BCUT2D eigenvalue weighted by Crippen LogP contribution is -2.32. The summed E-state index contributed by atoms with van der Waals surface area (Å²) >= 11 is 4.84. The molecular weight excluding hydrogens is 220 g/mol. The van der Waals surface area contributed by atoms with Crippen LogP contribution in [0.15, 0.2) is 12.4 Å². The fourth-order valence-electron chi connectivity index (χ4n) is 1.47. The molecule has 1 aromatic rings. The largest absolute Gasteiger partial charge is 0.388 e. The zero-order valence-corrected chi connectivity index (χ0v) is 10.8. The summed E-state index contributed by atoms with van der Waals surface area (Å²) in [5.41, 5.74) is 6.04. The summed E-state index contributed by atoms with van der Waals surface area (Å²) in [5.74, 6) is 0.872. The fraction of sp³-hybridized carbons (Fsp3) is 0.545. The molecule has 0 aliphatic heterocycles. The highest BCUT2D eigenvalue weighted by Crippen LogP contribution is 2.13. The maximum atomic E-state index is 5.47. The Bertz CT molecular complexity index is 348. The zero-order chi connectivity index (χ0) is 12.1. The van der Waals surface area contributed by atoms with Gasteiger partial charge >= 0.3 is 0 Å². The van der Waals surface area contributed by atoms with Crippen molar-refractivity contribution in [1.82, 2.24) is 9.97 Å². The number of nitrogens with two attached hydrogens (primary N) is 1. The van der Waals surface area contributed by atoms with Crippen molar-refractivity contribution in [2.45, 2.75) is 33.2 Å². The second kappa shape index (κ2) is 5.75. The van der Waals surface area contributed by atoms with Gasteiger partial charge in [-0.2, -0.15) is 0 Å². The van der Waals surface area contributed by atoms with Crippen LogP contribution in [0.1, 0.15) is 32.9 Å². The average molecular weight is 238 g/mol. The molecule has 0 bridgehead atoms. The first-order valence-electron chi connectivity index (χ1n) is 5.44. The van der Waals surface area contributed by atoms with E-state index in [4.69, 9.17) is 18.0 Å². The van der Waals surface area contributed by atoms with E-state index in [9.17, 15) is 0 Å². The van der Waals surface area contributed by atoms with Crippen molar-refractivity contribution >= 4 is 23.0 Å². The quantitative estimate of drug-likeness (QED) is 0.792. The van der Waals surface area contributed by atoms with Gasteiger partial charge in [0.1, 0.15) is 16.5 Å². The Hall–Kier alpha value is -1.23. The summed E-state index contributed by atoms with van der Waals surface area (Å²) in [6.07, 6.45) is 4.43. The van der Waals surface area contributed by atoms with Gasteiger partial charge in [-0.05, 0) is 20.3 Å².